The van der Waals surface area contributed by atoms with Gasteiger partial charge in [0.15, 0.2) is 0 Å². The Kier molecular flexibility index (Phi) is 9.42. The molecule has 0 spiro atoms. The van der Waals surface area contributed by atoms with E-state index in [0.717, 1.165) is 9.87 Å². The highest BCUT2D eigenvalue weighted by atomic mass is 35.5. The normalized spacial score (nSPS) is 11.9. The van der Waals surface area contributed by atoms with Gasteiger partial charge in [-0.2, -0.15) is 0 Å². The summed E-state index contributed by atoms with van der Waals surface area (Å²) in [7, 11) is -1.19. The van der Waals surface area contributed by atoms with Crippen LogP contribution in [0.2, 0.25) is 10.0 Å². The molecule has 0 aliphatic heterocycles. The lowest BCUT2D eigenvalue weighted by molar-refractivity contribution is -0.139. The highest BCUT2D eigenvalue weighted by Crippen LogP contribution is 2.30. The van der Waals surface area contributed by atoms with Crippen LogP contribution in [0.1, 0.15) is 12.5 Å². The van der Waals surface area contributed by atoms with E-state index in [1.54, 1.807) is 56.5 Å². The highest BCUT2D eigenvalue weighted by molar-refractivity contribution is 7.92. The SMILES string of the molecule is CNC(=O)[C@@H](C)N(Cc1ccc(OC)cc1)C(=O)CN(c1cc(Cl)cc(Cl)c1)S(=O)(=O)c1ccccc1. The Bertz CT molecular complexity index is 1330. The molecule has 8 nitrogen and oxygen atoms in total. The van der Waals surface area contributed by atoms with Crippen molar-refractivity contribution >= 4 is 50.7 Å². The molecule has 0 saturated heterocycles. The van der Waals surface area contributed by atoms with Gasteiger partial charge in [0.2, 0.25) is 11.8 Å². The third-order valence-electron chi connectivity index (χ3n) is 5.67. The van der Waals surface area contributed by atoms with Gasteiger partial charge in [0.1, 0.15) is 18.3 Å². The predicted octanol–water partition coefficient (Wildman–Crippen LogP) is 4.36. The Morgan fingerprint density at radius 1 is 0.973 bits per heavy atom. The van der Waals surface area contributed by atoms with Crippen LogP contribution >= 0.6 is 23.2 Å². The largest absolute Gasteiger partial charge is 0.497 e. The van der Waals surface area contributed by atoms with Gasteiger partial charge in [-0.25, -0.2) is 8.42 Å². The van der Waals surface area contributed by atoms with Crippen molar-refractivity contribution in [3.63, 3.8) is 0 Å². The molecule has 11 heteroatoms. The predicted molar refractivity (Wildman–Crippen MR) is 145 cm³/mol. The molecule has 0 radical (unpaired) electrons. The first-order valence-corrected chi connectivity index (χ1v) is 13.4. The average Bonchev–Trinajstić information content (AvgIpc) is 2.89. The van der Waals surface area contributed by atoms with Crippen molar-refractivity contribution in [3.05, 3.63) is 88.4 Å². The van der Waals surface area contributed by atoms with Gasteiger partial charge >= 0.3 is 0 Å². The Balaban J connectivity index is 2.04. The Hall–Kier alpha value is -3.27. The van der Waals surface area contributed by atoms with E-state index < -0.39 is 34.4 Å². The summed E-state index contributed by atoms with van der Waals surface area (Å²) >= 11 is 12.3. The first kappa shape index (κ1) is 28.3. The second-order valence-corrected chi connectivity index (χ2v) is 10.8. The maximum Gasteiger partial charge on any atom is 0.264 e. The number of nitrogens with zero attached hydrogens (tertiary/aromatic N) is 2. The van der Waals surface area contributed by atoms with E-state index in [2.05, 4.69) is 5.32 Å². The number of hydrogen-bond acceptors (Lipinski definition) is 5. The fourth-order valence-electron chi connectivity index (χ4n) is 3.65. The molecule has 3 aromatic carbocycles. The third kappa shape index (κ3) is 6.94. The molecule has 37 heavy (non-hydrogen) atoms. The summed E-state index contributed by atoms with van der Waals surface area (Å²) < 4.78 is 33.5. The van der Waals surface area contributed by atoms with Crippen LogP contribution in [0.15, 0.2) is 77.7 Å². The van der Waals surface area contributed by atoms with E-state index in [4.69, 9.17) is 27.9 Å². The van der Waals surface area contributed by atoms with Crippen molar-refractivity contribution in [3.8, 4) is 5.75 Å². The molecule has 0 bridgehead atoms. The second-order valence-electron chi connectivity index (χ2n) is 8.11. The van der Waals surface area contributed by atoms with Crippen LogP contribution in [0.25, 0.3) is 0 Å². The standard InChI is InChI=1S/C26H27Cl2N3O5S/c1-18(26(33)29-2)30(16-19-9-11-23(36-3)12-10-19)25(32)17-31(22-14-20(27)13-21(28)15-22)37(34,35)24-7-5-4-6-8-24/h4-15,18H,16-17H2,1-3H3,(H,29,33)/t18-/m1/s1. The summed E-state index contributed by atoms with van der Waals surface area (Å²) in [5.41, 5.74) is 0.847. The molecular weight excluding hydrogens is 537 g/mol. The molecule has 0 aliphatic rings. The van der Waals surface area contributed by atoms with E-state index >= 15 is 0 Å². The highest BCUT2D eigenvalue weighted by Gasteiger charge is 2.32. The molecule has 0 heterocycles. The number of hydrogen-bond donors (Lipinski definition) is 1. The van der Waals surface area contributed by atoms with Crippen LogP contribution < -0.4 is 14.4 Å². The van der Waals surface area contributed by atoms with Crippen LogP contribution in [0.5, 0.6) is 5.75 Å². The van der Waals surface area contributed by atoms with Crippen molar-refractivity contribution in [2.75, 3.05) is 25.0 Å². The summed E-state index contributed by atoms with van der Waals surface area (Å²) in [5.74, 6) is -0.355. The zero-order chi connectivity index (χ0) is 27.2. The summed E-state index contributed by atoms with van der Waals surface area (Å²) in [6, 6.07) is 18.1. The van der Waals surface area contributed by atoms with Gasteiger partial charge in [-0.05, 0) is 55.0 Å². The van der Waals surface area contributed by atoms with Gasteiger partial charge < -0.3 is 15.0 Å². The number of carbonyl (C=O) groups is 2. The lowest BCUT2D eigenvalue weighted by Crippen LogP contribution is -2.50. The minimum Gasteiger partial charge on any atom is -0.497 e. The van der Waals surface area contributed by atoms with Gasteiger partial charge in [-0.1, -0.05) is 53.5 Å². The number of likely N-dealkylation sites (N-methyl/N-ethyl adjacent to an activating group) is 1. The smallest absolute Gasteiger partial charge is 0.264 e. The number of carbonyl (C=O) groups excluding carboxylic acids is 2. The third-order valence-corrected chi connectivity index (χ3v) is 7.90. The maximum atomic E-state index is 13.7. The minimum absolute atomic E-state index is 0.0139. The maximum absolute atomic E-state index is 13.7. The zero-order valence-corrected chi connectivity index (χ0v) is 22.8. The van der Waals surface area contributed by atoms with Crippen LogP contribution in [-0.4, -0.2) is 51.9 Å². The Morgan fingerprint density at radius 2 is 1.57 bits per heavy atom. The first-order valence-electron chi connectivity index (χ1n) is 11.2. The van der Waals surface area contributed by atoms with Gasteiger partial charge in [0.25, 0.3) is 10.0 Å². The van der Waals surface area contributed by atoms with Gasteiger partial charge in [0.05, 0.1) is 17.7 Å². The topological polar surface area (TPSA) is 96.0 Å². The molecule has 0 aromatic heterocycles. The number of benzene rings is 3. The van der Waals surface area contributed by atoms with Crippen molar-refractivity contribution in [2.45, 2.75) is 24.4 Å². The number of halogens is 2. The van der Waals surface area contributed by atoms with Gasteiger partial charge in [0, 0.05) is 23.6 Å². The molecule has 0 saturated carbocycles. The molecule has 2 amide bonds. The quantitative estimate of drug-likeness (QED) is 0.395. The lowest BCUT2D eigenvalue weighted by atomic mass is 10.1. The van der Waals surface area contributed by atoms with Gasteiger partial charge in [-0.15, -0.1) is 0 Å². The summed E-state index contributed by atoms with van der Waals surface area (Å²) in [5, 5.41) is 2.95. The van der Waals surface area contributed by atoms with E-state index in [1.807, 2.05) is 0 Å². The molecule has 196 valence electrons. The lowest BCUT2D eigenvalue weighted by Gasteiger charge is -2.32. The van der Waals surface area contributed by atoms with Crippen molar-refractivity contribution in [2.24, 2.45) is 0 Å². The number of amides is 2. The Morgan fingerprint density at radius 3 is 2.11 bits per heavy atom. The minimum atomic E-state index is -4.20. The summed E-state index contributed by atoms with van der Waals surface area (Å²) in [6.07, 6.45) is 0. The zero-order valence-electron chi connectivity index (χ0n) is 20.5. The summed E-state index contributed by atoms with van der Waals surface area (Å²) in [6.45, 7) is 1.05. The van der Waals surface area contributed by atoms with Crippen molar-refractivity contribution in [1.82, 2.24) is 10.2 Å². The van der Waals surface area contributed by atoms with Crippen LogP contribution in [0.3, 0.4) is 0 Å². The van der Waals surface area contributed by atoms with Gasteiger partial charge in [-0.3, -0.25) is 13.9 Å². The van der Waals surface area contributed by atoms with E-state index in [9.17, 15) is 18.0 Å². The molecule has 0 fully saturated rings. The number of sulfonamides is 1. The number of anilines is 1. The molecular formula is C26H27Cl2N3O5S. The first-order chi connectivity index (χ1) is 17.6. The molecule has 3 aromatic rings. The molecule has 1 atom stereocenters. The molecule has 3 rings (SSSR count). The number of rotatable bonds is 10. The van der Waals surface area contributed by atoms with E-state index in [0.29, 0.717) is 5.75 Å². The number of nitrogens with one attached hydrogen (secondary N) is 1. The number of methoxy groups -OCH3 is 1. The van der Waals surface area contributed by atoms with E-state index in [1.165, 1.54) is 42.3 Å². The number of ether oxygens (including phenoxy) is 1. The van der Waals surface area contributed by atoms with E-state index in [-0.39, 0.29) is 27.2 Å². The fourth-order valence-corrected chi connectivity index (χ4v) is 5.58. The monoisotopic (exact) mass is 563 g/mol. The van der Waals surface area contributed by atoms with Crippen LogP contribution in [0, 0.1) is 0 Å². The second kappa shape index (κ2) is 12.3. The van der Waals surface area contributed by atoms with Crippen molar-refractivity contribution in [1.29, 1.82) is 0 Å². The van der Waals surface area contributed by atoms with Crippen LogP contribution in [-0.2, 0) is 26.2 Å². The van der Waals surface area contributed by atoms with Crippen molar-refractivity contribution < 1.29 is 22.7 Å². The van der Waals surface area contributed by atoms with Crippen LogP contribution in [0.4, 0.5) is 5.69 Å². The average molecular weight is 564 g/mol. The Labute approximate surface area is 226 Å². The fraction of sp³-hybridized carbons (Fsp3) is 0.231. The molecule has 1 N–H and O–H groups in total. The molecule has 0 unspecified atom stereocenters. The molecule has 0 aliphatic carbocycles. The summed E-state index contributed by atoms with van der Waals surface area (Å²) in [4.78, 5) is 27.5.